The Morgan fingerprint density at radius 3 is 2.56 bits per heavy atom. The van der Waals surface area contributed by atoms with Gasteiger partial charge in [-0.05, 0) is 74.6 Å². The van der Waals surface area contributed by atoms with Crippen LogP contribution < -0.4 is 4.74 Å². The maximum atomic E-state index is 5.61. The molecule has 1 heterocycles. The van der Waals surface area contributed by atoms with E-state index in [0.29, 0.717) is 0 Å². The Balaban J connectivity index is 1.22. The van der Waals surface area contributed by atoms with Gasteiger partial charge in [0.25, 0.3) is 0 Å². The number of hydrogen-bond acceptors (Lipinski definition) is 3. The van der Waals surface area contributed by atoms with E-state index in [1.165, 1.54) is 102 Å². The molecular formula is C24H38N2O. The standard InChI is InChI=1S/C24H38N2O/c1-27-24-14-6-12-22-20(8-5-13-23(22)24)9-7-15-25-16-18-26(19-17-25)21-10-3-2-4-11-21/h6,12,14,20-21H,2-5,7-11,13,15-19H2,1H3/t20-/m1/s1. The van der Waals surface area contributed by atoms with Gasteiger partial charge in [-0.1, -0.05) is 31.4 Å². The van der Waals surface area contributed by atoms with Crippen molar-refractivity contribution in [2.45, 2.75) is 76.2 Å². The summed E-state index contributed by atoms with van der Waals surface area (Å²) in [6, 6.07) is 7.56. The lowest BCUT2D eigenvalue weighted by atomic mass is 9.80. The monoisotopic (exact) mass is 370 g/mol. The Morgan fingerprint density at radius 2 is 1.78 bits per heavy atom. The summed E-state index contributed by atoms with van der Waals surface area (Å²) in [5.41, 5.74) is 3.06. The van der Waals surface area contributed by atoms with Gasteiger partial charge in [-0.2, -0.15) is 0 Å². The van der Waals surface area contributed by atoms with E-state index in [0.717, 1.165) is 17.7 Å². The first-order chi connectivity index (χ1) is 13.3. The third-order valence-corrected chi connectivity index (χ3v) is 7.33. The maximum absolute atomic E-state index is 5.61. The SMILES string of the molecule is COc1cccc2c1CCC[C@@H]2CCCN1CCN(C2CCCCC2)CC1. The summed E-state index contributed by atoms with van der Waals surface area (Å²) in [4.78, 5) is 5.51. The lowest BCUT2D eigenvalue weighted by Gasteiger charge is -2.41. The Hall–Kier alpha value is -1.06. The third-order valence-electron chi connectivity index (χ3n) is 7.33. The van der Waals surface area contributed by atoms with E-state index in [2.05, 4.69) is 28.0 Å². The van der Waals surface area contributed by atoms with Crippen molar-refractivity contribution in [2.24, 2.45) is 0 Å². The number of nitrogens with zero attached hydrogens (tertiary/aromatic N) is 2. The Kier molecular flexibility index (Phi) is 6.73. The van der Waals surface area contributed by atoms with E-state index in [1.807, 2.05) is 7.11 Å². The Bertz CT molecular complexity index is 588. The van der Waals surface area contributed by atoms with Gasteiger partial charge in [0.1, 0.15) is 5.75 Å². The predicted octanol–water partition coefficient (Wildman–Crippen LogP) is 4.85. The average Bonchev–Trinajstić information content (AvgIpc) is 2.74. The van der Waals surface area contributed by atoms with Gasteiger partial charge >= 0.3 is 0 Å². The van der Waals surface area contributed by atoms with Crippen molar-refractivity contribution < 1.29 is 4.74 Å². The fourth-order valence-electron chi connectivity index (χ4n) is 5.76. The summed E-state index contributed by atoms with van der Waals surface area (Å²) in [7, 11) is 1.81. The van der Waals surface area contributed by atoms with E-state index in [4.69, 9.17) is 4.74 Å². The molecule has 27 heavy (non-hydrogen) atoms. The van der Waals surface area contributed by atoms with Crippen LogP contribution in [0.3, 0.4) is 0 Å². The van der Waals surface area contributed by atoms with Gasteiger partial charge in [0.05, 0.1) is 7.11 Å². The smallest absolute Gasteiger partial charge is 0.122 e. The first-order valence-corrected chi connectivity index (χ1v) is 11.5. The number of benzene rings is 1. The first kappa shape index (κ1) is 19.3. The normalized spacial score (nSPS) is 25.3. The molecule has 1 saturated heterocycles. The van der Waals surface area contributed by atoms with E-state index in [1.54, 1.807) is 5.56 Å². The second-order valence-corrected chi connectivity index (χ2v) is 8.93. The number of methoxy groups -OCH3 is 1. The van der Waals surface area contributed by atoms with Crippen molar-refractivity contribution in [1.82, 2.24) is 9.80 Å². The number of fused-ring (bicyclic) bond motifs is 1. The first-order valence-electron chi connectivity index (χ1n) is 11.5. The van der Waals surface area contributed by atoms with Gasteiger partial charge in [-0.15, -0.1) is 0 Å². The molecule has 1 aromatic carbocycles. The molecule has 4 rings (SSSR count). The molecule has 0 N–H and O–H groups in total. The summed E-state index contributed by atoms with van der Waals surface area (Å²) in [6.45, 7) is 6.45. The fourth-order valence-corrected chi connectivity index (χ4v) is 5.76. The maximum Gasteiger partial charge on any atom is 0.122 e. The second-order valence-electron chi connectivity index (χ2n) is 8.93. The fraction of sp³-hybridized carbons (Fsp3) is 0.750. The minimum atomic E-state index is 0.743. The quantitative estimate of drug-likeness (QED) is 0.712. The Morgan fingerprint density at radius 1 is 0.963 bits per heavy atom. The minimum absolute atomic E-state index is 0.743. The summed E-state index contributed by atoms with van der Waals surface area (Å²) in [5.74, 6) is 1.85. The molecule has 0 bridgehead atoms. The molecule has 0 radical (unpaired) electrons. The van der Waals surface area contributed by atoms with Gasteiger partial charge < -0.3 is 9.64 Å². The molecule has 2 fully saturated rings. The van der Waals surface area contributed by atoms with Crippen LogP contribution in [0.15, 0.2) is 18.2 Å². The molecule has 3 nitrogen and oxygen atoms in total. The molecule has 0 aromatic heterocycles. The highest BCUT2D eigenvalue weighted by Crippen LogP contribution is 2.38. The van der Waals surface area contributed by atoms with Gasteiger partial charge in [0, 0.05) is 32.2 Å². The van der Waals surface area contributed by atoms with Crippen LogP contribution in [0.25, 0.3) is 0 Å². The third kappa shape index (κ3) is 4.68. The largest absolute Gasteiger partial charge is 0.496 e. The number of ether oxygens (including phenoxy) is 1. The molecular weight excluding hydrogens is 332 g/mol. The summed E-state index contributed by atoms with van der Waals surface area (Å²) in [5, 5.41) is 0. The zero-order valence-corrected chi connectivity index (χ0v) is 17.3. The van der Waals surface area contributed by atoms with Crippen LogP contribution in [0.1, 0.15) is 74.8 Å². The van der Waals surface area contributed by atoms with E-state index in [9.17, 15) is 0 Å². The van der Waals surface area contributed by atoms with Crippen molar-refractivity contribution in [2.75, 3.05) is 39.8 Å². The predicted molar refractivity (Wildman–Crippen MR) is 113 cm³/mol. The van der Waals surface area contributed by atoms with Gasteiger partial charge in [-0.25, -0.2) is 0 Å². The van der Waals surface area contributed by atoms with Crippen molar-refractivity contribution >= 4 is 0 Å². The molecule has 0 amide bonds. The topological polar surface area (TPSA) is 15.7 Å². The van der Waals surface area contributed by atoms with E-state index < -0.39 is 0 Å². The van der Waals surface area contributed by atoms with Crippen LogP contribution >= 0.6 is 0 Å². The highest BCUT2D eigenvalue weighted by atomic mass is 16.5. The van der Waals surface area contributed by atoms with Crippen molar-refractivity contribution in [3.05, 3.63) is 29.3 Å². The minimum Gasteiger partial charge on any atom is -0.496 e. The molecule has 1 aliphatic heterocycles. The van der Waals surface area contributed by atoms with Crippen molar-refractivity contribution in [3.8, 4) is 5.75 Å². The molecule has 0 spiro atoms. The van der Waals surface area contributed by atoms with Gasteiger partial charge in [0.15, 0.2) is 0 Å². The van der Waals surface area contributed by atoms with E-state index in [-0.39, 0.29) is 0 Å². The molecule has 1 atom stereocenters. The highest BCUT2D eigenvalue weighted by Gasteiger charge is 2.26. The number of piperazine rings is 1. The molecule has 3 heteroatoms. The second kappa shape index (κ2) is 9.43. The zero-order chi connectivity index (χ0) is 18.5. The van der Waals surface area contributed by atoms with Gasteiger partial charge in [-0.3, -0.25) is 4.90 Å². The van der Waals surface area contributed by atoms with Crippen LogP contribution in [0.5, 0.6) is 5.75 Å². The van der Waals surface area contributed by atoms with Crippen LogP contribution in [0.4, 0.5) is 0 Å². The molecule has 1 aromatic rings. The lowest BCUT2D eigenvalue weighted by Crippen LogP contribution is -2.50. The molecule has 150 valence electrons. The van der Waals surface area contributed by atoms with Gasteiger partial charge in [0.2, 0.25) is 0 Å². The van der Waals surface area contributed by atoms with Crippen LogP contribution in [0, 0.1) is 0 Å². The molecule has 0 unspecified atom stereocenters. The summed E-state index contributed by atoms with van der Waals surface area (Å²) < 4.78 is 5.61. The summed E-state index contributed by atoms with van der Waals surface area (Å²) >= 11 is 0. The van der Waals surface area contributed by atoms with Crippen LogP contribution in [0.2, 0.25) is 0 Å². The number of hydrogen-bond donors (Lipinski definition) is 0. The van der Waals surface area contributed by atoms with Crippen molar-refractivity contribution in [1.29, 1.82) is 0 Å². The highest BCUT2D eigenvalue weighted by molar-refractivity contribution is 5.43. The zero-order valence-electron chi connectivity index (χ0n) is 17.3. The molecule has 3 aliphatic rings. The summed E-state index contributed by atoms with van der Waals surface area (Å²) in [6.07, 6.45) is 13.8. The van der Waals surface area contributed by atoms with Crippen molar-refractivity contribution in [3.63, 3.8) is 0 Å². The van der Waals surface area contributed by atoms with Crippen LogP contribution in [-0.4, -0.2) is 55.7 Å². The molecule has 2 aliphatic carbocycles. The number of rotatable bonds is 6. The Labute approximate surface area is 166 Å². The van der Waals surface area contributed by atoms with E-state index >= 15 is 0 Å². The lowest BCUT2D eigenvalue weighted by molar-refractivity contribution is 0.0779. The van der Waals surface area contributed by atoms with Crippen LogP contribution in [-0.2, 0) is 6.42 Å². The average molecular weight is 371 g/mol. The molecule has 1 saturated carbocycles.